The number of anilines is 1. The summed E-state index contributed by atoms with van der Waals surface area (Å²) >= 11 is 0. The average molecular weight is 287 g/mol. The first-order chi connectivity index (χ1) is 9.79. The van der Waals surface area contributed by atoms with Crippen molar-refractivity contribution in [2.75, 3.05) is 5.32 Å². The molecule has 1 amide bonds. The van der Waals surface area contributed by atoms with Crippen LogP contribution in [-0.4, -0.2) is 26.8 Å². The van der Waals surface area contributed by atoms with Crippen LogP contribution in [0.1, 0.15) is 37.5 Å². The molecule has 0 aliphatic carbocycles. The van der Waals surface area contributed by atoms with Crippen molar-refractivity contribution in [3.8, 4) is 0 Å². The zero-order valence-electron chi connectivity index (χ0n) is 12.4. The van der Waals surface area contributed by atoms with Crippen LogP contribution in [0.3, 0.4) is 0 Å². The van der Waals surface area contributed by atoms with Gasteiger partial charge in [0.15, 0.2) is 0 Å². The number of rotatable bonds is 3. The third kappa shape index (κ3) is 2.94. The van der Waals surface area contributed by atoms with Gasteiger partial charge in [0.05, 0.1) is 22.5 Å². The van der Waals surface area contributed by atoms with Crippen LogP contribution in [0.2, 0.25) is 0 Å². The summed E-state index contributed by atoms with van der Waals surface area (Å²) in [6, 6.07) is 3.37. The second-order valence-electron chi connectivity index (χ2n) is 5.07. The standard InChI is InChI=1S/C15H17N3O3/c1-8-5-9(2)13(11(6-8)15(20)21)16-14(19)12-7-18(4)17-10(12)3/h5-7H,1-4H3,(H,16,19)(H,20,21). The van der Waals surface area contributed by atoms with E-state index in [1.54, 1.807) is 37.8 Å². The predicted octanol–water partition coefficient (Wildman–Crippen LogP) is 2.30. The van der Waals surface area contributed by atoms with Gasteiger partial charge in [0.2, 0.25) is 0 Å². The summed E-state index contributed by atoms with van der Waals surface area (Å²) in [4.78, 5) is 23.7. The highest BCUT2D eigenvalue weighted by Crippen LogP contribution is 2.24. The van der Waals surface area contributed by atoms with E-state index in [9.17, 15) is 14.7 Å². The third-order valence-corrected chi connectivity index (χ3v) is 3.21. The maximum Gasteiger partial charge on any atom is 0.337 e. The molecule has 1 heterocycles. The Bertz CT molecular complexity index is 732. The molecular weight excluding hydrogens is 270 g/mol. The van der Waals surface area contributed by atoms with Crippen LogP contribution in [0.5, 0.6) is 0 Å². The molecule has 0 bridgehead atoms. The molecule has 21 heavy (non-hydrogen) atoms. The van der Waals surface area contributed by atoms with Gasteiger partial charge in [-0.15, -0.1) is 0 Å². The Kier molecular flexibility index (Phi) is 3.80. The number of aromatic nitrogens is 2. The number of carboxylic acids is 1. The van der Waals surface area contributed by atoms with Crippen LogP contribution in [0.15, 0.2) is 18.3 Å². The number of aromatic carboxylic acids is 1. The number of nitrogens with zero attached hydrogens (tertiary/aromatic N) is 2. The van der Waals surface area contributed by atoms with Gasteiger partial charge in [0, 0.05) is 13.2 Å². The SMILES string of the molecule is Cc1cc(C)c(NC(=O)c2cn(C)nc2C)c(C(=O)O)c1. The van der Waals surface area contributed by atoms with E-state index >= 15 is 0 Å². The molecule has 2 rings (SSSR count). The summed E-state index contributed by atoms with van der Waals surface area (Å²) in [6.07, 6.45) is 1.61. The first-order valence-electron chi connectivity index (χ1n) is 6.45. The van der Waals surface area contributed by atoms with Gasteiger partial charge in [-0.25, -0.2) is 4.79 Å². The van der Waals surface area contributed by atoms with Gasteiger partial charge in [-0.1, -0.05) is 6.07 Å². The summed E-state index contributed by atoms with van der Waals surface area (Å²) in [5.41, 5.74) is 2.97. The van der Waals surface area contributed by atoms with Gasteiger partial charge < -0.3 is 10.4 Å². The number of hydrogen-bond acceptors (Lipinski definition) is 3. The number of aryl methyl sites for hydroxylation is 4. The molecule has 0 spiro atoms. The van der Waals surface area contributed by atoms with Crippen LogP contribution in [0.4, 0.5) is 5.69 Å². The number of carbonyl (C=O) groups excluding carboxylic acids is 1. The number of benzene rings is 1. The van der Waals surface area contributed by atoms with Crippen molar-refractivity contribution in [2.24, 2.45) is 7.05 Å². The number of amides is 1. The maximum absolute atomic E-state index is 12.3. The molecule has 6 nitrogen and oxygen atoms in total. The minimum Gasteiger partial charge on any atom is -0.478 e. The van der Waals surface area contributed by atoms with Crippen molar-refractivity contribution in [2.45, 2.75) is 20.8 Å². The lowest BCUT2D eigenvalue weighted by atomic mass is 10.0. The van der Waals surface area contributed by atoms with Crippen LogP contribution in [-0.2, 0) is 7.05 Å². The van der Waals surface area contributed by atoms with E-state index in [4.69, 9.17) is 0 Å². The minimum atomic E-state index is -1.07. The van der Waals surface area contributed by atoms with E-state index in [1.165, 1.54) is 0 Å². The van der Waals surface area contributed by atoms with E-state index in [1.807, 2.05) is 13.0 Å². The van der Waals surface area contributed by atoms with Gasteiger partial charge in [0.1, 0.15) is 0 Å². The molecular formula is C15H17N3O3. The Balaban J connectivity index is 2.42. The van der Waals surface area contributed by atoms with Gasteiger partial charge in [0.25, 0.3) is 5.91 Å². The molecule has 110 valence electrons. The van der Waals surface area contributed by atoms with Gasteiger partial charge in [-0.05, 0) is 38.0 Å². The zero-order chi connectivity index (χ0) is 15.7. The van der Waals surface area contributed by atoms with Crippen LogP contribution in [0.25, 0.3) is 0 Å². The molecule has 1 aromatic carbocycles. The van der Waals surface area contributed by atoms with E-state index < -0.39 is 5.97 Å². The Morgan fingerprint density at radius 3 is 2.38 bits per heavy atom. The number of hydrogen-bond donors (Lipinski definition) is 2. The summed E-state index contributed by atoms with van der Waals surface area (Å²) < 4.78 is 1.55. The largest absolute Gasteiger partial charge is 0.478 e. The van der Waals surface area contributed by atoms with E-state index in [0.717, 1.165) is 5.56 Å². The minimum absolute atomic E-state index is 0.0855. The van der Waals surface area contributed by atoms with Crippen LogP contribution in [0, 0.1) is 20.8 Å². The Hall–Kier alpha value is -2.63. The van der Waals surface area contributed by atoms with Crippen LogP contribution < -0.4 is 5.32 Å². The zero-order valence-corrected chi connectivity index (χ0v) is 12.4. The van der Waals surface area contributed by atoms with Crippen molar-refractivity contribution in [1.29, 1.82) is 0 Å². The lowest BCUT2D eigenvalue weighted by Crippen LogP contribution is -2.16. The number of nitrogens with one attached hydrogen (secondary N) is 1. The first kappa shape index (κ1) is 14.8. The summed E-state index contributed by atoms with van der Waals surface area (Å²) in [7, 11) is 1.73. The highest BCUT2D eigenvalue weighted by Gasteiger charge is 2.18. The number of carboxylic acid groups (broad SMARTS) is 1. The quantitative estimate of drug-likeness (QED) is 0.907. The fourth-order valence-corrected chi connectivity index (χ4v) is 2.31. The van der Waals surface area contributed by atoms with Crippen molar-refractivity contribution in [1.82, 2.24) is 9.78 Å². The molecule has 1 aromatic heterocycles. The van der Waals surface area contributed by atoms with E-state index in [-0.39, 0.29) is 11.5 Å². The highest BCUT2D eigenvalue weighted by atomic mass is 16.4. The summed E-state index contributed by atoms with van der Waals surface area (Å²) in [5, 5.41) is 16.1. The Morgan fingerprint density at radius 1 is 1.19 bits per heavy atom. The normalized spacial score (nSPS) is 10.5. The fraction of sp³-hybridized carbons (Fsp3) is 0.267. The van der Waals surface area contributed by atoms with Crippen molar-refractivity contribution >= 4 is 17.6 Å². The molecule has 0 atom stereocenters. The maximum atomic E-state index is 12.3. The molecule has 0 radical (unpaired) electrons. The molecule has 0 aliphatic heterocycles. The second kappa shape index (κ2) is 5.40. The smallest absolute Gasteiger partial charge is 0.337 e. The summed E-state index contributed by atoms with van der Waals surface area (Å²) in [5.74, 6) is -1.44. The lowest BCUT2D eigenvalue weighted by molar-refractivity contribution is 0.0698. The monoisotopic (exact) mass is 287 g/mol. The molecule has 0 saturated carbocycles. The third-order valence-electron chi connectivity index (χ3n) is 3.21. The van der Waals surface area contributed by atoms with E-state index in [0.29, 0.717) is 22.5 Å². The Labute approximate surface area is 122 Å². The van der Waals surface area contributed by atoms with Crippen molar-refractivity contribution in [3.05, 3.63) is 46.3 Å². The molecule has 0 unspecified atom stereocenters. The lowest BCUT2D eigenvalue weighted by Gasteiger charge is -2.12. The molecule has 2 aromatic rings. The topological polar surface area (TPSA) is 84.2 Å². The van der Waals surface area contributed by atoms with Crippen molar-refractivity contribution < 1.29 is 14.7 Å². The highest BCUT2D eigenvalue weighted by molar-refractivity contribution is 6.08. The van der Waals surface area contributed by atoms with Gasteiger partial charge >= 0.3 is 5.97 Å². The molecule has 0 saturated heterocycles. The molecule has 0 fully saturated rings. The average Bonchev–Trinajstić information content (AvgIpc) is 2.71. The predicted molar refractivity (Wildman–Crippen MR) is 78.8 cm³/mol. The van der Waals surface area contributed by atoms with Gasteiger partial charge in [-0.3, -0.25) is 9.48 Å². The molecule has 0 aliphatic rings. The Morgan fingerprint density at radius 2 is 1.86 bits per heavy atom. The molecule has 6 heteroatoms. The summed E-state index contributed by atoms with van der Waals surface area (Å²) in [6.45, 7) is 5.32. The number of carbonyl (C=O) groups is 2. The second-order valence-corrected chi connectivity index (χ2v) is 5.07. The fourth-order valence-electron chi connectivity index (χ4n) is 2.31. The van der Waals surface area contributed by atoms with E-state index in [2.05, 4.69) is 10.4 Å². The molecule has 2 N–H and O–H groups in total. The van der Waals surface area contributed by atoms with Crippen LogP contribution >= 0.6 is 0 Å². The first-order valence-corrected chi connectivity index (χ1v) is 6.45. The van der Waals surface area contributed by atoms with Gasteiger partial charge in [-0.2, -0.15) is 5.10 Å². The van der Waals surface area contributed by atoms with Crippen molar-refractivity contribution in [3.63, 3.8) is 0 Å².